The Morgan fingerprint density at radius 3 is 2.95 bits per heavy atom. The number of ether oxygens (including phenoxy) is 1. The molecular formula is C15H22ClN3O. The van der Waals surface area contributed by atoms with Gasteiger partial charge < -0.3 is 15.0 Å². The summed E-state index contributed by atoms with van der Waals surface area (Å²) in [5, 5.41) is 4.00. The largest absolute Gasteiger partial charge is 0.380 e. The summed E-state index contributed by atoms with van der Waals surface area (Å²) in [7, 11) is 1.73. The summed E-state index contributed by atoms with van der Waals surface area (Å²) in [6.07, 6.45) is 5.11. The smallest absolute Gasteiger partial charge is 0.147 e. The fraction of sp³-hybridized carbons (Fsp3) is 0.533. The topological polar surface area (TPSA) is 37.4 Å². The number of methoxy groups -OCH3 is 1. The second-order valence-corrected chi connectivity index (χ2v) is 5.33. The van der Waals surface area contributed by atoms with Gasteiger partial charge in [-0.25, -0.2) is 4.98 Å². The van der Waals surface area contributed by atoms with Gasteiger partial charge in [-0.3, -0.25) is 0 Å². The highest BCUT2D eigenvalue weighted by atomic mass is 35.5. The molecule has 1 aromatic rings. The monoisotopic (exact) mass is 295 g/mol. The van der Waals surface area contributed by atoms with Gasteiger partial charge in [0.15, 0.2) is 0 Å². The SMILES string of the molecule is CCNCc1cnc(N2CC=C(COC)CC2)c(Cl)c1. The van der Waals surface area contributed by atoms with Crippen LogP contribution >= 0.6 is 11.6 Å². The van der Waals surface area contributed by atoms with E-state index in [4.69, 9.17) is 16.3 Å². The Labute approximate surface area is 125 Å². The molecule has 0 saturated heterocycles. The van der Waals surface area contributed by atoms with Crippen LogP contribution < -0.4 is 10.2 Å². The minimum Gasteiger partial charge on any atom is -0.380 e. The molecule has 0 atom stereocenters. The number of hydrogen-bond donors (Lipinski definition) is 1. The van der Waals surface area contributed by atoms with Crippen LogP contribution in [0.25, 0.3) is 0 Å². The number of hydrogen-bond acceptors (Lipinski definition) is 4. The van der Waals surface area contributed by atoms with E-state index in [1.807, 2.05) is 12.3 Å². The molecule has 0 radical (unpaired) electrons. The number of pyridine rings is 1. The molecule has 2 heterocycles. The highest BCUT2D eigenvalue weighted by Crippen LogP contribution is 2.26. The van der Waals surface area contributed by atoms with Gasteiger partial charge in [0.25, 0.3) is 0 Å². The number of rotatable bonds is 6. The van der Waals surface area contributed by atoms with Gasteiger partial charge in [0, 0.05) is 32.9 Å². The number of nitrogens with one attached hydrogen (secondary N) is 1. The standard InChI is InChI=1S/C15H22ClN3O/c1-3-17-9-13-8-14(16)15(18-10-13)19-6-4-12(5-7-19)11-20-2/h4,8,10,17H,3,5-7,9,11H2,1-2H3. The van der Waals surface area contributed by atoms with E-state index in [2.05, 4.69) is 28.2 Å². The van der Waals surface area contributed by atoms with E-state index >= 15 is 0 Å². The van der Waals surface area contributed by atoms with Gasteiger partial charge in [0.05, 0.1) is 11.6 Å². The molecule has 0 aliphatic carbocycles. The van der Waals surface area contributed by atoms with Crippen LogP contribution in [0, 0.1) is 0 Å². The zero-order valence-corrected chi connectivity index (χ0v) is 12.9. The third-order valence-corrected chi connectivity index (χ3v) is 3.67. The molecule has 0 amide bonds. The molecule has 1 aliphatic rings. The van der Waals surface area contributed by atoms with Crippen LogP contribution in [0.4, 0.5) is 5.82 Å². The Balaban J connectivity index is 2.03. The number of aromatic nitrogens is 1. The summed E-state index contributed by atoms with van der Waals surface area (Å²) >= 11 is 6.36. The normalized spacial score (nSPS) is 15.3. The van der Waals surface area contributed by atoms with Crippen molar-refractivity contribution < 1.29 is 4.74 Å². The van der Waals surface area contributed by atoms with Crippen LogP contribution in [-0.2, 0) is 11.3 Å². The lowest BCUT2D eigenvalue weighted by Crippen LogP contribution is -2.30. The molecule has 1 aromatic heterocycles. The molecule has 4 nitrogen and oxygen atoms in total. The van der Waals surface area contributed by atoms with Crippen LogP contribution in [0.3, 0.4) is 0 Å². The van der Waals surface area contributed by atoms with Crippen molar-refractivity contribution >= 4 is 17.4 Å². The lowest BCUT2D eigenvalue weighted by Gasteiger charge is -2.28. The fourth-order valence-electron chi connectivity index (χ4n) is 2.29. The van der Waals surface area contributed by atoms with Crippen LogP contribution in [0.15, 0.2) is 23.9 Å². The first-order chi connectivity index (χ1) is 9.74. The molecule has 20 heavy (non-hydrogen) atoms. The van der Waals surface area contributed by atoms with Gasteiger partial charge >= 0.3 is 0 Å². The van der Waals surface area contributed by atoms with Crippen molar-refractivity contribution in [1.82, 2.24) is 10.3 Å². The summed E-state index contributed by atoms with van der Waals surface area (Å²) < 4.78 is 5.16. The van der Waals surface area contributed by atoms with Crippen molar-refractivity contribution in [1.29, 1.82) is 0 Å². The average molecular weight is 296 g/mol. The molecule has 5 heteroatoms. The Kier molecular flexibility index (Phi) is 5.83. The van der Waals surface area contributed by atoms with E-state index in [1.54, 1.807) is 7.11 Å². The van der Waals surface area contributed by atoms with E-state index in [0.29, 0.717) is 0 Å². The Hall–Kier alpha value is -1.10. The average Bonchev–Trinajstić information content (AvgIpc) is 2.47. The van der Waals surface area contributed by atoms with Crippen molar-refractivity contribution in [2.75, 3.05) is 38.3 Å². The summed E-state index contributed by atoms with van der Waals surface area (Å²) in [4.78, 5) is 6.73. The Bertz CT molecular complexity index is 476. The molecular weight excluding hydrogens is 274 g/mol. The minimum absolute atomic E-state index is 0.719. The maximum Gasteiger partial charge on any atom is 0.147 e. The van der Waals surface area contributed by atoms with Gasteiger partial charge in [-0.1, -0.05) is 24.6 Å². The quantitative estimate of drug-likeness (QED) is 0.819. The van der Waals surface area contributed by atoms with Crippen molar-refractivity contribution in [3.63, 3.8) is 0 Å². The van der Waals surface area contributed by atoms with Crippen molar-refractivity contribution in [3.05, 3.63) is 34.5 Å². The Morgan fingerprint density at radius 1 is 1.50 bits per heavy atom. The van der Waals surface area contributed by atoms with E-state index in [1.165, 1.54) is 5.57 Å². The first-order valence-electron chi connectivity index (χ1n) is 7.01. The maximum atomic E-state index is 6.36. The Morgan fingerprint density at radius 2 is 2.35 bits per heavy atom. The van der Waals surface area contributed by atoms with E-state index in [9.17, 15) is 0 Å². The third kappa shape index (κ3) is 3.95. The second-order valence-electron chi connectivity index (χ2n) is 4.92. The molecule has 0 bridgehead atoms. The van der Waals surface area contributed by atoms with Crippen LogP contribution in [0.1, 0.15) is 18.9 Å². The lowest BCUT2D eigenvalue weighted by molar-refractivity contribution is 0.222. The van der Waals surface area contributed by atoms with Crippen molar-refractivity contribution in [3.8, 4) is 0 Å². The number of nitrogens with zero attached hydrogens (tertiary/aromatic N) is 2. The van der Waals surface area contributed by atoms with Crippen LogP contribution in [0.2, 0.25) is 5.02 Å². The first-order valence-corrected chi connectivity index (χ1v) is 7.39. The van der Waals surface area contributed by atoms with E-state index in [0.717, 1.165) is 55.6 Å². The molecule has 1 aliphatic heterocycles. The van der Waals surface area contributed by atoms with Crippen molar-refractivity contribution in [2.45, 2.75) is 19.9 Å². The minimum atomic E-state index is 0.719. The van der Waals surface area contributed by atoms with Gasteiger partial charge in [-0.15, -0.1) is 0 Å². The predicted octanol–water partition coefficient (Wildman–Crippen LogP) is 2.63. The van der Waals surface area contributed by atoms with Gasteiger partial charge in [-0.05, 0) is 30.2 Å². The highest BCUT2D eigenvalue weighted by molar-refractivity contribution is 6.33. The fourth-order valence-corrected chi connectivity index (χ4v) is 2.60. The van der Waals surface area contributed by atoms with Crippen molar-refractivity contribution in [2.24, 2.45) is 0 Å². The third-order valence-electron chi connectivity index (χ3n) is 3.39. The zero-order valence-electron chi connectivity index (χ0n) is 12.2. The van der Waals surface area contributed by atoms with Gasteiger partial charge in [-0.2, -0.15) is 0 Å². The summed E-state index contributed by atoms with van der Waals surface area (Å²) in [6, 6.07) is 2.00. The van der Waals surface area contributed by atoms with Crippen LogP contribution in [0.5, 0.6) is 0 Å². The number of halogens is 1. The van der Waals surface area contributed by atoms with Crippen LogP contribution in [-0.4, -0.2) is 38.3 Å². The molecule has 0 unspecified atom stereocenters. The molecule has 110 valence electrons. The zero-order chi connectivity index (χ0) is 14.4. The molecule has 0 aromatic carbocycles. The van der Waals surface area contributed by atoms with Gasteiger partial charge in [0.2, 0.25) is 0 Å². The number of anilines is 1. The van der Waals surface area contributed by atoms with Gasteiger partial charge in [0.1, 0.15) is 5.82 Å². The summed E-state index contributed by atoms with van der Waals surface area (Å²) in [5.41, 5.74) is 2.47. The summed E-state index contributed by atoms with van der Waals surface area (Å²) in [6.45, 7) is 6.34. The second kappa shape index (κ2) is 7.62. The molecule has 0 saturated carbocycles. The molecule has 2 rings (SSSR count). The molecule has 1 N–H and O–H groups in total. The first kappa shape index (κ1) is 15.3. The molecule has 0 spiro atoms. The predicted molar refractivity (Wildman–Crippen MR) is 83.4 cm³/mol. The molecule has 0 fully saturated rings. The van der Waals surface area contributed by atoms with E-state index < -0.39 is 0 Å². The van der Waals surface area contributed by atoms with E-state index in [-0.39, 0.29) is 0 Å². The summed E-state index contributed by atoms with van der Waals surface area (Å²) in [5.74, 6) is 0.875. The maximum absolute atomic E-state index is 6.36. The highest BCUT2D eigenvalue weighted by Gasteiger charge is 2.16. The lowest BCUT2D eigenvalue weighted by atomic mass is 10.1.